The van der Waals surface area contributed by atoms with E-state index in [0.29, 0.717) is 36.0 Å². The molecule has 0 bridgehead atoms. The first-order valence-corrected chi connectivity index (χ1v) is 9.86. The van der Waals surface area contributed by atoms with Crippen LogP contribution < -0.4 is 9.47 Å². The molecule has 1 unspecified atom stereocenters. The maximum Gasteiger partial charge on any atom is 0.162 e. The van der Waals surface area contributed by atoms with Crippen LogP contribution >= 0.6 is 0 Å². The van der Waals surface area contributed by atoms with Crippen molar-refractivity contribution in [3.63, 3.8) is 0 Å². The molecule has 3 aromatic carbocycles. The summed E-state index contributed by atoms with van der Waals surface area (Å²) in [6.07, 6.45) is 0.830. The van der Waals surface area contributed by atoms with Gasteiger partial charge in [-0.05, 0) is 41.0 Å². The van der Waals surface area contributed by atoms with E-state index in [2.05, 4.69) is 4.98 Å². The second-order valence-electron chi connectivity index (χ2n) is 6.91. The quantitative estimate of drug-likeness (QED) is 0.437. The summed E-state index contributed by atoms with van der Waals surface area (Å²) in [7, 11) is 0. The van der Waals surface area contributed by atoms with Crippen molar-refractivity contribution in [3.05, 3.63) is 126 Å². The zero-order valence-corrected chi connectivity index (χ0v) is 16.5. The second-order valence-corrected chi connectivity index (χ2v) is 6.91. The van der Waals surface area contributed by atoms with Crippen LogP contribution in [0, 0.1) is 0 Å². The van der Waals surface area contributed by atoms with E-state index in [1.165, 1.54) is 0 Å². The van der Waals surface area contributed by atoms with Gasteiger partial charge in [0.25, 0.3) is 0 Å². The van der Waals surface area contributed by atoms with Gasteiger partial charge >= 0.3 is 0 Å². The fourth-order valence-electron chi connectivity index (χ4n) is 3.11. The van der Waals surface area contributed by atoms with Gasteiger partial charge in [-0.25, -0.2) is 0 Å². The van der Waals surface area contributed by atoms with Gasteiger partial charge in [-0.15, -0.1) is 0 Å². The van der Waals surface area contributed by atoms with Crippen LogP contribution in [-0.2, 0) is 13.2 Å². The van der Waals surface area contributed by atoms with E-state index in [0.717, 1.165) is 11.1 Å². The smallest absolute Gasteiger partial charge is 0.162 e. The molecule has 0 aliphatic heterocycles. The van der Waals surface area contributed by atoms with Gasteiger partial charge in [0.05, 0.1) is 5.69 Å². The van der Waals surface area contributed by atoms with Crippen LogP contribution in [0.4, 0.5) is 0 Å². The molecular weight excluding hydrogens is 374 g/mol. The van der Waals surface area contributed by atoms with Crippen molar-refractivity contribution in [3.8, 4) is 11.5 Å². The number of pyridine rings is 1. The lowest BCUT2D eigenvalue weighted by Crippen LogP contribution is -2.05. The van der Waals surface area contributed by atoms with Gasteiger partial charge in [-0.3, -0.25) is 4.98 Å². The molecule has 1 heterocycles. The molecule has 0 aliphatic rings. The second kappa shape index (κ2) is 9.72. The Balaban J connectivity index is 1.57. The van der Waals surface area contributed by atoms with E-state index in [9.17, 15) is 5.11 Å². The monoisotopic (exact) mass is 397 g/mol. The predicted molar refractivity (Wildman–Crippen MR) is 116 cm³/mol. The molecule has 0 radical (unpaired) electrons. The van der Waals surface area contributed by atoms with Crippen molar-refractivity contribution < 1.29 is 14.6 Å². The average Bonchev–Trinajstić information content (AvgIpc) is 2.83. The highest BCUT2D eigenvalue weighted by atomic mass is 16.5. The molecule has 0 amide bonds. The molecule has 4 nitrogen and oxygen atoms in total. The Morgan fingerprint density at radius 1 is 0.667 bits per heavy atom. The van der Waals surface area contributed by atoms with Crippen molar-refractivity contribution in [1.82, 2.24) is 4.98 Å². The topological polar surface area (TPSA) is 51.6 Å². The van der Waals surface area contributed by atoms with Gasteiger partial charge < -0.3 is 14.6 Å². The van der Waals surface area contributed by atoms with Gasteiger partial charge in [0, 0.05) is 6.20 Å². The highest BCUT2D eigenvalue weighted by molar-refractivity contribution is 5.45. The number of hydrogen-bond acceptors (Lipinski definition) is 4. The molecule has 150 valence electrons. The number of nitrogens with zero attached hydrogens (tertiary/aromatic N) is 1. The lowest BCUT2D eigenvalue weighted by atomic mass is 10.1. The van der Waals surface area contributed by atoms with Crippen LogP contribution in [0.1, 0.15) is 28.5 Å². The molecule has 30 heavy (non-hydrogen) atoms. The van der Waals surface area contributed by atoms with Crippen LogP contribution in [0.25, 0.3) is 0 Å². The molecule has 1 N–H and O–H groups in total. The maximum atomic E-state index is 10.7. The normalized spacial score (nSPS) is 11.6. The Hall–Kier alpha value is -3.63. The Kier molecular flexibility index (Phi) is 6.38. The summed E-state index contributed by atoms with van der Waals surface area (Å²) >= 11 is 0. The Bertz CT molecular complexity index is 1050. The van der Waals surface area contributed by atoms with Gasteiger partial charge in [0.1, 0.15) is 19.3 Å². The molecule has 0 saturated heterocycles. The predicted octanol–water partition coefficient (Wildman–Crippen LogP) is 5.32. The summed E-state index contributed by atoms with van der Waals surface area (Å²) in [5, 5.41) is 10.7. The van der Waals surface area contributed by atoms with Gasteiger partial charge in [0.2, 0.25) is 0 Å². The summed E-state index contributed by atoms with van der Waals surface area (Å²) in [6.45, 7) is 0.844. The maximum absolute atomic E-state index is 10.7. The number of aliphatic hydroxyl groups excluding tert-OH is 1. The molecule has 1 aromatic heterocycles. The summed E-state index contributed by atoms with van der Waals surface area (Å²) in [6, 6.07) is 30.9. The lowest BCUT2D eigenvalue weighted by Gasteiger charge is -2.17. The minimum Gasteiger partial charge on any atom is -0.485 e. The molecule has 1 atom stereocenters. The molecule has 0 saturated carbocycles. The first-order valence-electron chi connectivity index (χ1n) is 9.86. The third-order valence-corrected chi connectivity index (χ3v) is 4.73. The van der Waals surface area contributed by atoms with Crippen LogP contribution in [0.5, 0.6) is 11.5 Å². The zero-order valence-electron chi connectivity index (χ0n) is 16.5. The molecule has 0 fully saturated rings. The molecular formula is C26H23NO3. The summed E-state index contributed by atoms with van der Waals surface area (Å²) in [5.74, 6) is 1.22. The summed E-state index contributed by atoms with van der Waals surface area (Å²) < 4.78 is 12.1. The van der Waals surface area contributed by atoms with Crippen molar-refractivity contribution in [2.45, 2.75) is 19.3 Å². The van der Waals surface area contributed by atoms with E-state index in [-0.39, 0.29) is 0 Å². The van der Waals surface area contributed by atoms with Crippen molar-refractivity contribution >= 4 is 0 Å². The Labute approximate surface area is 176 Å². The van der Waals surface area contributed by atoms with Gasteiger partial charge in [0.15, 0.2) is 11.5 Å². The highest BCUT2D eigenvalue weighted by Crippen LogP contribution is 2.33. The molecule has 4 aromatic rings. The van der Waals surface area contributed by atoms with E-state index in [1.807, 2.05) is 91.0 Å². The van der Waals surface area contributed by atoms with E-state index in [4.69, 9.17) is 9.47 Å². The minimum absolute atomic E-state index is 0.408. The first-order chi connectivity index (χ1) is 14.8. The molecule has 0 spiro atoms. The van der Waals surface area contributed by atoms with Crippen LogP contribution in [0.15, 0.2) is 103 Å². The first kappa shape index (κ1) is 19.7. The van der Waals surface area contributed by atoms with Gasteiger partial charge in [-0.2, -0.15) is 0 Å². The van der Waals surface area contributed by atoms with E-state index < -0.39 is 6.10 Å². The lowest BCUT2D eigenvalue weighted by molar-refractivity contribution is 0.213. The standard InChI is InChI=1S/C26H23NO3/c28-26(23-13-7-8-16-27-23)22-14-15-24(29-18-20-9-3-1-4-10-20)25(17-22)30-19-21-11-5-2-6-12-21/h1-17,26,28H,18-19H2. The third-order valence-electron chi connectivity index (χ3n) is 4.73. The zero-order chi connectivity index (χ0) is 20.6. The fraction of sp³-hybridized carbons (Fsp3) is 0.115. The van der Waals surface area contributed by atoms with Crippen LogP contribution in [-0.4, -0.2) is 10.1 Å². The third kappa shape index (κ3) is 5.04. The number of aliphatic hydroxyl groups is 1. The van der Waals surface area contributed by atoms with Gasteiger partial charge in [-0.1, -0.05) is 72.8 Å². The Morgan fingerprint density at radius 2 is 1.27 bits per heavy atom. The number of hydrogen-bond donors (Lipinski definition) is 1. The largest absolute Gasteiger partial charge is 0.485 e. The minimum atomic E-state index is -0.839. The van der Waals surface area contributed by atoms with E-state index >= 15 is 0 Å². The number of benzene rings is 3. The van der Waals surface area contributed by atoms with Crippen molar-refractivity contribution in [2.24, 2.45) is 0 Å². The molecule has 4 heteroatoms. The van der Waals surface area contributed by atoms with Crippen LogP contribution in [0.2, 0.25) is 0 Å². The number of aromatic nitrogens is 1. The Morgan fingerprint density at radius 3 is 1.87 bits per heavy atom. The van der Waals surface area contributed by atoms with Crippen molar-refractivity contribution in [2.75, 3.05) is 0 Å². The number of ether oxygens (including phenoxy) is 2. The fourth-order valence-corrected chi connectivity index (χ4v) is 3.11. The average molecular weight is 397 g/mol. The number of rotatable bonds is 8. The SMILES string of the molecule is OC(c1ccc(OCc2ccccc2)c(OCc2ccccc2)c1)c1ccccn1. The van der Waals surface area contributed by atoms with Crippen molar-refractivity contribution in [1.29, 1.82) is 0 Å². The summed E-state index contributed by atoms with van der Waals surface area (Å²) in [5.41, 5.74) is 3.42. The molecule has 0 aliphatic carbocycles. The summed E-state index contributed by atoms with van der Waals surface area (Å²) in [4.78, 5) is 4.25. The van der Waals surface area contributed by atoms with E-state index in [1.54, 1.807) is 12.3 Å². The van der Waals surface area contributed by atoms with Crippen LogP contribution in [0.3, 0.4) is 0 Å². The molecule has 4 rings (SSSR count). The highest BCUT2D eigenvalue weighted by Gasteiger charge is 2.15.